The van der Waals surface area contributed by atoms with Crippen LogP contribution in [0.2, 0.25) is 0 Å². The van der Waals surface area contributed by atoms with Gasteiger partial charge in [0.2, 0.25) is 5.50 Å². The molecule has 0 saturated heterocycles. The van der Waals surface area contributed by atoms with Gasteiger partial charge < -0.3 is 13.8 Å². The molecule has 4 nitrogen and oxygen atoms in total. The fourth-order valence-electron chi connectivity index (χ4n) is 2.45. The molecule has 3 atom stereocenters. The summed E-state index contributed by atoms with van der Waals surface area (Å²) < 4.78 is 28.0. The molecule has 0 saturated carbocycles. The van der Waals surface area contributed by atoms with Crippen molar-refractivity contribution < 1.29 is 18.3 Å². The average molecular weight is 258 g/mol. The van der Waals surface area contributed by atoms with Gasteiger partial charge in [-0.25, -0.2) is 0 Å². The quantitative estimate of drug-likeness (QED) is 0.575. The van der Waals surface area contributed by atoms with Gasteiger partial charge in [0.1, 0.15) is 6.10 Å². The zero-order valence-electron chi connectivity index (χ0n) is 10.5. The van der Waals surface area contributed by atoms with Crippen LogP contribution in [0.25, 0.3) is 0 Å². The largest absolute Gasteiger partial charge is 0.478 e. The van der Waals surface area contributed by atoms with Crippen molar-refractivity contribution in [2.75, 3.05) is 14.2 Å². The molecule has 17 heavy (non-hydrogen) atoms. The van der Waals surface area contributed by atoms with Crippen molar-refractivity contribution in [3.8, 4) is 0 Å². The van der Waals surface area contributed by atoms with Gasteiger partial charge in [-0.1, -0.05) is 13.0 Å². The molecule has 96 valence electrons. The molecule has 1 heterocycles. The molecule has 1 aliphatic heterocycles. The Balaban J connectivity index is 2.27. The predicted molar refractivity (Wildman–Crippen MR) is 65.6 cm³/mol. The van der Waals surface area contributed by atoms with Crippen molar-refractivity contribution in [3.63, 3.8) is 0 Å². The summed E-state index contributed by atoms with van der Waals surface area (Å²) in [6.45, 7) is 2.12. The lowest BCUT2D eigenvalue weighted by atomic mass is 9.81. The second kappa shape index (κ2) is 4.97. The first-order valence-corrected chi connectivity index (χ1v) is 7.42. The molecule has 0 amide bonds. The van der Waals surface area contributed by atoms with Crippen LogP contribution in [0.4, 0.5) is 0 Å². The van der Waals surface area contributed by atoms with E-state index in [-0.39, 0.29) is 6.10 Å². The zero-order chi connectivity index (χ0) is 12.5. The normalized spacial score (nSPS) is 32.6. The minimum atomic E-state index is -3.25. The van der Waals surface area contributed by atoms with Crippen molar-refractivity contribution in [2.45, 2.75) is 25.9 Å². The summed E-state index contributed by atoms with van der Waals surface area (Å²) in [7, 11) is -0.499. The van der Waals surface area contributed by atoms with Gasteiger partial charge in [-0.2, -0.15) is 0 Å². The number of hydrogen-bond acceptors (Lipinski definition) is 4. The fraction of sp³-hybridized carbons (Fsp3) is 0.667. The van der Waals surface area contributed by atoms with Gasteiger partial charge >= 0.3 is 7.60 Å². The van der Waals surface area contributed by atoms with E-state index in [1.54, 1.807) is 0 Å². The third-order valence-corrected chi connectivity index (χ3v) is 5.26. The first-order chi connectivity index (χ1) is 8.10. The van der Waals surface area contributed by atoms with E-state index in [2.05, 4.69) is 13.0 Å². The molecule has 0 N–H and O–H groups in total. The Kier molecular flexibility index (Phi) is 3.76. The van der Waals surface area contributed by atoms with Crippen LogP contribution in [0.5, 0.6) is 0 Å². The van der Waals surface area contributed by atoms with Crippen LogP contribution in [0.15, 0.2) is 23.7 Å². The Morgan fingerprint density at radius 2 is 2.12 bits per heavy atom. The topological polar surface area (TPSA) is 44.8 Å². The van der Waals surface area contributed by atoms with Crippen molar-refractivity contribution in [1.29, 1.82) is 0 Å². The highest BCUT2D eigenvalue weighted by Gasteiger charge is 2.39. The number of ether oxygens (including phenoxy) is 1. The van der Waals surface area contributed by atoms with E-state index < -0.39 is 7.60 Å². The standard InChI is InChI=1S/C12H19O4P/c1-9-8-12(17(13,14-2)15-3)16-11-7-5-4-6-10(9)11/h5,7-11H,4,6H2,1-3H3/t9-,10-,11+/m1/s1. The third kappa shape index (κ3) is 2.35. The van der Waals surface area contributed by atoms with Crippen LogP contribution in [-0.4, -0.2) is 20.3 Å². The molecule has 5 heteroatoms. The van der Waals surface area contributed by atoms with E-state index >= 15 is 0 Å². The van der Waals surface area contributed by atoms with Crippen LogP contribution in [0.3, 0.4) is 0 Å². The van der Waals surface area contributed by atoms with Crippen molar-refractivity contribution in [2.24, 2.45) is 11.8 Å². The van der Waals surface area contributed by atoms with Crippen LogP contribution < -0.4 is 0 Å². The summed E-state index contributed by atoms with van der Waals surface area (Å²) in [6.07, 6.45) is 8.24. The summed E-state index contributed by atoms with van der Waals surface area (Å²) >= 11 is 0. The molecular formula is C12H19O4P. The summed E-state index contributed by atoms with van der Waals surface area (Å²) in [5, 5.41) is 0. The van der Waals surface area contributed by atoms with Gasteiger partial charge in [-0.15, -0.1) is 0 Å². The minimum absolute atomic E-state index is 0.00243. The Hall–Kier alpha value is -0.570. The molecule has 0 unspecified atom stereocenters. The van der Waals surface area contributed by atoms with Gasteiger partial charge in [0.05, 0.1) is 0 Å². The monoisotopic (exact) mass is 258 g/mol. The summed E-state index contributed by atoms with van der Waals surface area (Å²) in [6, 6.07) is 0. The highest BCUT2D eigenvalue weighted by molar-refractivity contribution is 7.58. The molecule has 0 radical (unpaired) electrons. The molecule has 1 aliphatic carbocycles. The van der Waals surface area contributed by atoms with Crippen LogP contribution in [0, 0.1) is 11.8 Å². The molecule has 0 spiro atoms. The van der Waals surface area contributed by atoms with Crippen molar-refractivity contribution >= 4 is 7.60 Å². The maximum Gasteiger partial charge on any atom is 0.394 e. The number of allylic oxidation sites excluding steroid dienone is 2. The van der Waals surface area contributed by atoms with E-state index in [0.717, 1.165) is 12.8 Å². The van der Waals surface area contributed by atoms with Gasteiger partial charge in [0.15, 0.2) is 0 Å². The maximum absolute atomic E-state index is 12.3. The predicted octanol–water partition coefficient (Wildman–Crippen LogP) is 3.31. The SMILES string of the molecule is COP(=O)(OC)C1=C[C@@H](C)[C@H]2CCC=C[C@@H]2O1. The van der Waals surface area contributed by atoms with E-state index in [9.17, 15) is 4.57 Å². The Labute approximate surface area is 102 Å². The van der Waals surface area contributed by atoms with Gasteiger partial charge in [0.25, 0.3) is 0 Å². The summed E-state index contributed by atoms with van der Waals surface area (Å²) in [4.78, 5) is 0. The van der Waals surface area contributed by atoms with Gasteiger partial charge in [-0.05, 0) is 30.9 Å². The Bertz CT molecular complexity index is 380. The summed E-state index contributed by atoms with van der Waals surface area (Å²) in [5.41, 5.74) is 0.350. The smallest absolute Gasteiger partial charge is 0.394 e. The van der Waals surface area contributed by atoms with E-state index in [0.29, 0.717) is 17.3 Å². The van der Waals surface area contributed by atoms with E-state index in [4.69, 9.17) is 13.8 Å². The molecule has 2 rings (SSSR count). The molecule has 0 aromatic heterocycles. The molecule has 0 aromatic carbocycles. The average Bonchev–Trinajstić information content (AvgIpc) is 2.38. The number of rotatable bonds is 3. The molecule has 2 aliphatic rings. The first kappa shape index (κ1) is 12.9. The number of hydrogen-bond donors (Lipinski definition) is 0. The van der Waals surface area contributed by atoms with Crippen LogP contribution in [-0.2, 0) is 18.3 Å². The lowest BCUT2D eigenvalue weighted by Gasteiger charge is -2.37. The highest BCUT2D eigenvalue weighted by Crippen LogP contribution is 2.58. The lowest BCUT2D eigenvalue weighted by Crippen LogP contribution is -2.32. The second-order valence-corrected chi connectivity index (χ2v) is 6.64. The molecule has 0 fully saturated rings. The Morgan fingerprint density at radius 3 is 2.76 bits per heavy atom. The fourth-order valence-corrected chi connectivity index (χ4v) is 3.63. The molecular weight excluding hydrogens is 239 g/mol. The third-order valence-electron chi connectivity index (χ3n) is 3.50. The second-order valence-electron chi connectivity index (χ2n) is 4.48. The van der Waals surface area contributed by atoms with Crippen LogP contribution in [0.1, 0.15) is 19.8 Å². The zero-order valence-corrected chi connectivity index (χ0v) is 11.4. The first-order valence-electron chi connectivity index (χ1n) is 5.88. The van der Waals surface area contributed by atoms with Gasteiger partial charge in [0, 0.05) is 20.1 Å². The highest BCUT2D eigenvalue weighted by atomic mass is 31.2. The van der Waals surface area contributed by atoms with Crippen LogP contribution >= 0.6 is 7.60 Å². The Morgan fingerprint density at radius 1 is 1.41 bits per heavy atom. The molecule has 0 aromatic rings. The minimum Gasteiger partial charge on any atom is -0.478 e. The van der Waals surface area contributed by atoms with Crippen molar-refractivity contribution in [1.82, 2.24) is 0 Å². The lowest BCUT2D eigenvalue weighted by molar-refractivity contribution is 0.0597. The van der Waals surface area contributed by atoms with Gasteiger partial charge in [-0.3, -0.25) is 4.57 Å². The van der Waals surface area contributed by atoms with E-state index in [1.807, 2.05) is 12.2 Å². The van der Waals surface area contributed by atoms with Crippen molar-refractivity contribution in [3.05, 3.63) is 23.7 Å². The maximum atomic E-state index is 12.3. The number of fused-ring (bicyclic) bond motifs is 1. The van der Waals surface area contributed by atoms with E-state index in [1.165, 1.54) is 14.2 Å². The molecule has 0 bridgehead atoms. The summed E-state index contributed by atoms with van der Waals surface area (Å²) in [5.74, 6) is 0.790.